The van der Waals surface area contributed by atoms with Gasteiger partial charge >= 0.3 is 0 Å². The first kappa shape index (κ1) is 14.7. The molecule has 0 fully saturated rings. The smallest absolute Gasteiger partial charge is 0.265 e. The second kappa shape index (κ2) is 7.13. The quantitative estimate of drug-likeness (QED) is 0.460. The fourth-order valence-electron chi connectivity index (χ4n) is 1.94. The monoisotopic (exact) mass is 249 g/mol. The number of carbonyl (C=O) groups excluding carboxylic acids is 1. The highest BCUT2D eigenvalue weighted by molar-refractivity contribution is 5.93. The maximum atomic E-state index is 11.5. The molecule has 4 heteroatoms. The number of nitrogens with two attached hydrogens (primary N) is 1. The van der Waals surface area contributed by atoms with E-state index in [9.17, 15) is 4.79 Å². The van der Waals surface area contributed by atoms with Crippen LogP contribution in [0.3, 0.4) is 0 Å². The molecular weight excluding hydrogens is 226 g/mol. The lowest BCUT2D eigenvalue weighted by Crippen LogP contribution is -2.32. The molecule has 1 amide bonds. The minimum atomic E-state index is -0.247. The largest absolute Gasteiger partial charge is 0.297 e. The summed E-state index contributed by atoms with van der Waals surface area (Å²) in [6.07, 6.45) is 1.13. The minimum Gasteiger partial charge on any atom is -0.297 e. The fourth-order valence-corrected chi connectivity index (χ4v) is 1.94. The second-order valence-corrected chi connectivity index (χ2v) is 4.74. The Labute approximate surface area is 109 Å². The third kappa shape index (κ3) is 4.13. The molecule has 3 N–H and O–H groups in total. The molecule has 0 heterocycles. The molecule has 0 radical (unpaired) electrons. The van der Waals surface area contributed by atoms with E-state index in [0.29, 0.717) is 11.6 Å². The van der Waals surface area contributed by atoms with Gasteiger partial charge in [-0.2, -0.15) is 0 Å². The number of nitrogen functional groups attached to an aromatic ring is 1. The van der Waals surface area contributed by atoms with Crippen LogP contribution < -0.4 is 11.3 Å². The molecular formula is C14H23N3O. The maximum absolute atomic E-state index is 11.5. The van der Waals surface area contributed by atoms with Crippen molar-refractivity contribution in [1.29, 1.82) is 0 Å². The highest BCUT2D eigenvalue weighted by atomic mass is 16.2. The van der Waals surface area contributed by atoms with E-state index in [4.69, 9.17) is 5.84 Å². The zero-order chi connectivity index (χ0) is 13.5. The van der Waals surface area contributed by atoms with Crippen molar-refractivity contribution in [2.24, 2.45) is 5.84 Å². The first-order chi connectivity index (χ1) is 8.58. The molecule has 0 aliphatic rings. The van der Waals surface area contributed by atoms with Crippen LogP contribution in [0.5, 0.6) is 0 Å². The van der Waals surface area contributed by atoms with E-state index in [1.54, 1.807) is 6.07 Å². The van der Waals surface area contributed by atoms with Crippen molar-refractivity contribution in [2.45, 2.75) is 39.8 Å². The van der Waals surface area contributed by atoms with Crippen molar-refractivity contribution in [1.82, 2.24) is 10.3 Å². The Morgan fingerprint density at radius 3 is 2.72 bits per heavy atom. The molecule has 0 saturated carbocycles. The van der Waals surface area contributed by atoms with Crippen molar-refractivity contribution >= 4 is 5.91 Å². The van der Waals surface area contributed by atoms with Gasteiger partial charge in [0.15, 0.2) is 0 Å². The van der Waals surface area contributed by atoms with Gasteiger partial charge in [-0.25, -0.2) is 5.84 Å². The molecule has 4 nitrogen and oxygen atoms in total. The number of hydrazine groups is 1. The van der Waals surface area contributed by atoms with Crippen molar-refractivity contribution in [3.05, 3.63) is 35.4 Å². The number of hydrogen-bond acceptors (Lipinski definition) is 3. The number of nitrogens with zero attached hydrogens (tertiary/aromatic N) is 1. The summed E-state index contributed by atoms with van der Waals surface area (Å²) in [5.74, 6) is 4.89. The van der Waals surface area contributed by atoms with Crippen molar-refractivity contribution < 1.29 is 4.79 Å². The van der Waals surface area contributed by atoms with Crippen LogP contribution in [0.1, 0.15) is 43.1 Å². The normalized spacial score (nSPS) is 11.0. The van der Waals surface area contributed by atoms with Crippen LogP contribution in [0, 0.1) is 0 Å². The molecule has 0 aromatic heterocycles. The number of nitrogens with one attached hydrogen (secondary N) is 1. The number of rotatable bonds is 6. The maximum Gasteiger partial charge on any atom is 0.265 e. The van der Waals surface area contributed by atoms with E-state index in [1.807, 2.05) is 18.2 Å². The lowest BCUT2D eigenvalue weighted by atomic mass is 10.1. The Kier molecular flexibility index (Phi) is 5.82. The summed E-state index contributed by atoms with van der Waals surface area (Å²) >= 11 is 0. The van der Waals surface area contributed by atoms with Gasteiger partial charge in [0.1, 0.15) is 0 Å². The Bertz CT molecular complexity index is 390. The molecule has 0 spiro atoms. The average molecular weight is 249 g/mol. The van der Waals surface area contributed by atoms with Gasteiger partial charge in [-0.3, -0.25) is 15.1 Å². The zero-order valence-electron chi connectivity index (χ0n) is 11.4. The van der Waals surface area contributed by atoms with Crippen LogP contribution in [0.25, 0.3) is 0 Å². The van der Waals surface area contributed by atoms with Gasteiger partial charge < -0.3 is 0 Å². The molecule has 0 atom stereocenters. The van der Waals surface area contributed by atoms with Crippen LogP contribution in [0.2, 0.25) is 0 Å². The Hall–Kier alpha value is -1.39. The van der Waals surface area contributed by atoms with Gasteiger partial charge in [-0.1, -0.05) is 19.1 Å². The Morgan fingerprint density at radius 2 is 2.17 bits per heavy atom. The molecule has 0 bridgehead atoms. The SMILES string of the molecule is CCCN(Cc1cccc(C(=O)NN)c1)C(C)C. The predicted molar refractivity (Wildman–Crippen MR) is 73.9 cm³/mol. The van der Waals surface area contributed by atoms with E-state index in [0.717, 1.165) is 25.1 Å². The van der Waals surface area contributed by atoms with E-state index < -0.39 is 0 Å². The zero-order valence-corrected chi connectivity index (χ0v) is 11.4. The average Bonchev–Trinajstić information content (AvgIpc) is 2.37. The Morgan fingerprint density at radius 1 is 1.44 bits per heavy atom. The van der Waals surface area contributed by atoms with Gasteiger partial charge in [0.25, 0.3) is 5.91 Å². The van der Waals surface area contributed by atoms with Crippen LogP contribution >= 0.6 is 0 Å². The lowest BCUT2D eigenvalue weighted by molar-refractivity contribution is 0.0953. The summed E-state index contributed by atoms with van der Waals surface area (Å²) < 4.78 is 0. The first-order valence-corrected chi connectivity index (χ1v) is 6.42. The van der Waals surface area contributed by atoms with Crippen LogP contribution in [0.4, 0.5) is 0 Å². The third-order valence-corrected chi connectivity index (χ3v) is 2.95. The van der Waals surface area contributed by atoms with E-state index in [-0.39, 0.29) is 5.91 Å². The van der Waals surface area contributed by atoms with E-state index in [2.05, 4.69) is 31.1 Å². The van der Waals surface area contributed by atoms with Gasteiger partial charge in [0, 0.05) is 18.2 Å². The molecule has 0 aliphatic heterocycles. The summed E-state index contributed by atoms with van der Waals surface area (Å²) in [5.41, 5.74) is 3.90. The molecule has 0 saturated heterocycles. The number of hydrogen-bond donors (Lipinski definition) is 2. The van der Waals surface area contributed by atoms with E-state index in [1.165, 1.54) is 0 Å². The molecule has 1 aromatic carbocycles. The predicted octanol–water partition coefficient (Wildman–Crippen LogP) is 1.91. The van der Waals surface area contributed by atoms with Crippen molar-refractivity contribution in [3.63, 3.8) is 0 Å². The summed E-state index contributed by atoms with van der Waals surface area (Å²) in [4.78, 5) is 13.8. The van der Waals surface area contributed by atoms with E-state index >= 15 is 0 Å². The molecule has 1 rings (SSSR count). The van der Waals surface area contributed by atoms with Gasteiger partial charge in [-0.15, -0.1) is 0 Å². The van der Waals surface area contributed by atoms with Gasteiger partial charge in [0.2, 0.25) is 0 Å². The van der Waals surface area contributed by atoms with Crippen molar-refractivity contribution in [3.8, 4) is 0 Å². The molecule has 0 aliphatic carbocycles. The standard InChI is InChI=1S/C14H23N3O/c1-4-8-17(11(2)3)10-12-6-5-7-13(9-12)14(18)16-15/h5-7,9,11H,4,8,10,15H2,1-3H3,(H,16,18). The van der Waals surface area contributed by atoms with Gasteiger partial charge in [-0.05, 0) is 44.5 Å². The molecule has 1 aromatic rings. The second-order valence-electron chi connectivity index (χ2n) is 4.74. The van der Waals surface area contributed by atoms with Crippen LogP contribution in [-0.4, -0.2) is 23.4 Å². The van der Waals surface area contributed by atoms with Crippen LogP contribution in [0.15, 0.2) is 24.3 Å². The van der Waals surface area contributed by atoms with Gasteiger partial charge in [0.05, 0.1) is 0 Å². The van der Waals surface area contributed by atoms with Crippen LogP contribution in [-0.2, 0) is 6.54 Å². The molecule has 100 valence electrons. The minimum absolute atomic E-state index is 0.247. The number of benzene rings is 1. The molecule has 18 heavy (non-hydrogen) atoms. The highest BCUT2D eigenvalue weighted by Crippen LogP contribution is 2.11. The summed E-state index contributed by atoms with van der Waals surface area (Å²) in [7, 11) is 0. The lowest BCUT2D eigenvalue weighted by Gasteiger charge is -2.26. The fraction of sp³-hybridized carbons (Fsp3) is 0.500. The number of carbonyl (C=O) groups is 1. The summed E-state index contributed by atoms with van der Waals surface area (Å²) in [6, 6.07) is 8.10. The van der Waals surface area contributed by atoms with Crippen molar-refractivity contribution in [2.75, 3.05) is 6.54 Å². The first-order valence-electron chi connectivity index (χ1n) is 6.42. The highest BCUT2D eigenvalue weighted by Gasteiger charge is 2.10. The topological polar surface area (TPSA) is 58.4 Å². The Balaban J connectivity index is 2.80. The summed E-state index contributed by atoms with van der Waals surface area (Å²) in [5, 5.41) is 0. The third-order valence-electron chi connectivity index (χ3n) is 2.95. The number of amides is 1. The summed E-state index contributed by atoms with van der Waals surface area (Å²) in [6.45, 7) is 8.47. The molecule has 0 unspecified atom stereocenters.